The summed E-state index contributed by atoms with van der Waals surface area (Å²) in [6.45, 7) is 3.37. The summed E-state index contributed by atoms with van der Waals surface area (Å²) in [5.74, 6) is -0.0837. The Morgan fingerprint density at radius 3 is 2.24 bits per heavy atom. The van der Waals surface area contributed by atoms with E-state index in [1.165, 1.54) is 6.26 Å². The molecule has 7 nitrogen and oxygen atoms in total. The minimum atomic E-state index is -0.377. The Morgan fingerprint density at radius 2 is 1.59 bits per heavy atom. The first-order valence-corrected chi connectivity index (χ1v) is 9.11. The summed E-state index contributed by atoms with van der Waals surface area (Å²) >= 11 is 0. The SMILES string of the molecule is C/C(CC(=O)Nc1ccc(Nc2ccccc2)cc1)=N\NC(=O)c1ccoc1C. The molecule has 0 atom stereocenters. The number of rotatable bonds is 7. The van der Waals surface area contributed by atoms with Crippen LogP contribution in [0.15, 0.2) is 76.4 Å². The van der Waals surface area contributed by atoms with Gasteiger partial charge in [0.15, 0.2) is 0 Å². The maximum absolute atomic E-state index is 12.2. The van der Waals surface area contributed by atoms with Crippen LogP contribution >= 0.6 is 0 Å². The molecule has 0 saturated heterocycles. The summed E-state index contributed by atoms with van der Waals surface area (Å²) in [5.41, 5.74) is 5.91. The number of anilines is 3. The largest absolute Gasteiger partial charge is 0.469 e. The fraction of sp³-hybridized carbons (Fsp3) is 0.136. The zero-order valence-electron chi connectivity index (χ0n) is 16.2. The molecule has 1 aromatic heterocycles. The standard InChI is InChI=1S/C22H22N4O3/c1-15(25-26-22(28)20-12-13-29-16(20)2)14-21(27)24-19-10-8-18(9-11-19)23-17-6-4-3-5-7-17/h3-13,23H,14H2,1-2H3,(H,24,27)(H,26,28)/b25-15+. The van der Waals surface area contributed by atoms with Crippen LogP contribution in [-0.4, -0.2) is 17.5 Å². The van der Waals surface area contributed by atoms with E-state index in [9.17, 15) is 9.59 Å². The molecule has 1 heterocycles. The summed E-state index contributed by atoms with van der Waals surface area (Å²) in [5, 5.41) is 10.1. The highest BCUT2D eigenvalue weighted by atomic mass is 16.3. The number of benzene rings is 2. The van der Waals surface area contributed by atoms with Crippen LogP contribution in [0.5, 0.6) is 0 Å². The van der Waals surface area contributed by atoms with E-state index in [2.05, 4.69) is 21.2 Å². The Morgan fingerprint density at radius 1 is 0.931 bits per heavy atom. The van der Waals surface area contributed by atoms with Crippen molar-refractivity contribution in [1.82, 2.24) is 5.43 Å². The maximum Gasteiger partial charge on any atom is 0.274 e. The normalized spacial score (nSPS) is 11.0. The molecule has 0 aliphatic carbocycles. The second kappa shape index (κ2) is 9.36. The van der Waals surface area contributed by atoms with Crippen LogP contribution in [0.2, 0.25) is 0 Å². The number of para-hydroxylation sites is 1. The lowest BCUT2D eigenvalue weighted by Crippen LogP contribution is -2.21. The number of hydrogen-bond acceptors (Lipinski definition) is 5. The van der Waals surface area contributed by atoms with E-state index in [1.54, 1.807) is 19.9 Å². The monoisotopic (exact) mass is 390 g/mol. The molecule has 2 aromatic carbocycles. The van der Waals surface area contributed by atoms with Gasteiger partial charge in [-0.2, -0.15) is 5.10 Å². The quantitative estimate of drug-likeness (QED) is 0.410. The Balaban J connectivity index is 1.49. The summed E-state index contributed by atoms with van der Waals surface area (Å²) in [6.07, 6.45) is 1.50. The van der Waals surface area contributed by atoms with Crippen LogP contribution in [0, 0.1) is 6.92 Å². The molecule has 2 amide bonds. The molecule has 0 unspecified atom stereocenters. The van der Waals surface area contributed by atoms with E-state index in [0.29, 0.717) is 22.7 Å². The number of nitrogens with one attached hydrogen (secondary N) is 3. The van der Waals surface area contributed by atoms with Gasteiger partial charge in [0, 0.05) is 22.8 Å². The van der Waals surface area contributed by atoms with Crippen molar-refractivity contribution in [3.63, 3.8) is 0 Å². The van der Waals surface area contributed by atoms with E-state index in [0.717, 1.165) is 11.4 Å². The summed E-state index contributed by atoms with van der Waals surface area (Å²) in [7, 11) is 0. The molecule has 7 heteroatoms. The van der Waals surface area contributed by atoms with Gasteiger partial charge in [-0.1, -0.05) is 18.2 Å². The van der Waals surface area contributed by atoms with Gasteiger partial charge >= 0.3 is 0 Å². The third-order valence-electron chi connectivity index (χ3n) is 4.10. The number of carbonyl (C=O) groups is 2. The average molecular weight is 390 g/mol. The summed E-state index contributed by atoms with van der Waals surface area (Å²) in [6, 6.07) is 18.8. The zero-order valence-corrected chi connectivity index (χ0v) is 16.2. The van der Waals surface area contributed by atoms with Gasteiger partial charge in [-0.05, 0) is 56.3 Å². The fourth-order valence-corrected chi connectivity index (χ4v) is 2.63. The van der Waals surface area contributed by atoms with Crippen LogP contribution in [0.1, 0.15) is 29.5 Å². The molecule has 0 saturated carbocycles. The molecule has 0 aliphatic heterocycles. The van der Waals surface area contributed by atoms with Gasteiger partial charge in [-0.3, -0.25) is 9.59 Å². The average Bonchev–Trinajstić information content (AvgIpc) is 3.14. The van der Waals surface area contributed by atoms with Crippen LogP contribution in [0.25, 0.3) is 0 Å². The van der Waals surface area contributed by atoms with E-state index in [-0.39, 0.29) is 18.2 Å². The first-order valence-electron chi connectivity index (χ1n) is 9.11. The van der Waals surface area contributed by atoms with Gasteiger partial charge in [0.05, 0.1) is 18.2 Å². The van der Waals surface area contributed by atoms with E-state index in [1.807, 2.05) is 54.6 Å². The number of furan rings is 1. The van der Waals surface area contributed by atoms with Gasteiger partial charge in [-0.25, -0.2) is 5.43 Å². The lowest BCUT2D eigenvalue weighted by Gasteiger charge is -2.09. The predicted octanol–water partition coefficient (Wildman–Crippen LogP) is 4.47. The third kappa shape index (κ3) is 5.80. The zero-order chi connectivity index (χ0) is 20.6. The topological polar surface area (TPSA) is 95.7 Å². The van der Waals surface area contributed by atoms with Crippen molar-refractivity contribution in [3.05, 3.63) is 78.3 Å². The van der Waals surface area contributed by atoms with Gasteiger partial charge < -0.3 is 15.1 Å². The Hall–Kier alpha value is -3.87. The molecule has 3 rings (SSSR count). The molecule has 148 valence electrons. The molecule has 0 bridgehead atoms. The summed E-state index contributed by atoms with van der Waals surface area (Å²) < 4.78 is 5.09. The molecular formula is C22H22N4O3. The highest BCUT2D eigenvalue weighted by Crippen LogP contribution is 2.18. The van der Waals surface area contributed by atoms with Crippen LogP contribution in [-0.2, 0) is 4.79 Å². The number of carbonyl (C=O) groups excluding carboxylic acids is 2. The highest BCUT2D eigenvalue weighted by molar-refractivity contribution is 6.06. The van der Waals surface area contributed by atoms with Crippen LogP contribution in [0.3, 0.4) is 0 Å². The van der Waals surface area contributed by atoms with E-state index >= 15 is 0 Å². The molecule has 3 aromatic rings. The lowest BCUT2D eigenvalue weighted by molar-refractivity contribution is -0.115. The van der Waals surface area contributed by atoms with Crippen LogP contribution < -0.4 is 16.1 Å². The van der Waals surface area contributed by atoms with Crippen molar-refractivity contribution in [2.24, 2.45) is 5.10 Å². The fourth-order valence-electron chi connectivity index (χ4n) is 2.63. The Labute approximate surface area is 168 Å². The molecule has 0 fully saturated rings. The van der Waals surface area contributed by atoms with Gasteiger partial charge in [0.1, 0.15) is 5.76 Å². The molecule has 3 N–H and O–H groups in total. The number of aryl methyl sites for hydroxylation is 1. The second-order valence-corrected chi connectivity index (χ2v) is 6.47. The number of hydrogen-bond donors (Lipinski definition) is 3. The molecule has 0 spiro atoms. The minimum Gasteiger partial charge on any atom is -0.469 e. The van der Waals surface area contributed by atoms with Crippen molar-refractivity contribution in [2.45, 2.75) is 20.3 Å². The van der Waals surface area contributed by atoms with Crippen molar-refractivity contribution < 1.29 is 14.0 Å². The Kier molecular flexibility index (Phi) is 6.42. The first-order chi connectivity index (χ1) is 14.0. The van der Waals surface area contributed by atoms with E-state index < -0.39 is 0 Å². The molecule has 0 radical (unpaired) electrons. The number of nitrogens with zero attached hydrogens (tertiary/aromatic N) is 1. The smallest absolute Gasteiger partial charge is 0.274 e. The minimum absolute atomic E-state index is 0.0642. The van der Waals surface area contributed by atoms with Gasteiger partial charge in [-0.15, -0.1) is 0 Å². The number of hydrazone groups is 1. The first kappa shape index (κ1) is 19.9. The molecule has 0 aliphatic rings. The summed E-state index contributed by atoms with van der Waals surface area (Å²) in [4.78, 5) is 24.2. The predicted molar refractivity (Wildman–Crippen MR) is 113 cm³/mol. The molecular weight excluding hydrogens is 368 g/mol. The molecule has 29 heavy (non-hydrogen) atoms. The second-order valence-electron chi connectivity index (χ2n) is 6.47. The van der Waals surface area contributed by atoms with Crippen molar-refractivity contribution in [3.8, 4) is 0 Å². The Bertz CT molecular complexity index is 1010. The van der Waals surface area contributed by atoms with Crippen molar-refractivity contribution >= 4 is 34.6 Å². The third-order valence-corrected chi connectivity index (χ3v) is 4.10. The van der Waals surface area contributed by atoms with E-state index in [4.69, 9.17) is 4.42 Å². The van der Waals surface area contributed by atoms with Crippen molar-refractivity contribution in [1.29, 1.82) is 0 Å². The van der Waals surface area contributed by atoms with Crippen LogP contribution in [0.4, 0.5) is 17.1 Å². The van der Waals surface area contributed by atoms with Gasteiger partial charge in [0.25, 0.3) is 5.91 Å². The van der Waals surface area contributed by atoms with Crippen molar-refractivity contribution in [2.75, 3.05) is 10.6 Å². The van der Waals surface area contributed by atoms with Gasteiger partial charge in [0.2, 0.25) is 5.91 Å². The number of amides is 2. The lowest BCUT2D eigenvalue weighted by atomic mass is 10.2. The highest BCUT2D eigenvalue weighted by Gasteiger charge is 2.11. The maximum atomic E-state index is 12.2.